The van der Waals surface area contributed by atoms with E-state index < -0.39 is 0 Å². The number of halogens is 1. The largest absolute Gasteiger partial charge is 0.376 e. The van der Waals surface area contributed by atoms with E-state index in [1.807, 2.05) is 0 Å². The topological polar surface area (TPSA) is 44.5 Å². The highest BCUT2D eigenvalue weighted by Crippen LogP contribution is 2.15. The fourth-order valence-electron chi connectivity index (χ4n) is 1.45. The summed E-state index contributed by atoms with van der Waals surface area (Å²) in [6.07, 6.45) is 0.152. The number of ether oxygens (including phenoxy) is 2. The van der Waals surface area contributed by atoms with Crippen LogP contribution in [0.25, 0.3) is 0 Å². The van der Waals surface area contributed by atoms with E-state index >= 15 is 0 Å². The molecule has 0 aromatic heterocycles. The van der Waals surface area contributed by atoms with Gasteiger partial charge in [0.2, 0.25) is 0 Å². The van der Waals surface area contributed by atoms with Crippen LogP contribution in [0.15, 0.2) is 18.2 Å². The van der Waals surface area contributed by atoms with E-state index in [-0.39, 0.29) is 11.9 Å². The summed E-state index contributed by atoms with van der Waals surface area (Å²) < 4.78 is 23.5. The van der Waals surface area contributed by atoms with Crippen LogP contribution >= 0.6 is 0 Å². The number of benzene rings is 1. The molecule has 0 spiro atoms. The molecule has 0 amide bonds. The summed E-state index contributed by atoms with van der Waals surface area (Å²) in [7, 11) is 0. The molecule has 0 bridgehead atoms. The Hall–Kier alpha value is -0.970. The van der Waals surface area contributed by atoms with Crippen molar-refractivity contribution in [2.75, 3.05) is 13.2 Å². The van der Waals surface area contributed by atoms with Crippen LogP contribution in [0.3, 0.4) is 0 Å². The lowest BCUT2D eigenvalue weighted by molar-refractivity contribution is -0.135. The van der Waals surface area contributed by atoms with Gasteiger partial charge >= 0.3 is 0 Å². The Morgan fingerprint density at radius 3 is 2.80 bits per heavy atom. The predicted molar refractivity (Wildman–Crippen MR) is 53.7 cm³/mol. The van der Waals surface area contributed by atoms with Crippen LogP contribution in [0.1, 0.15) is 11.1 Å². The van der Waals surface area contributed by atoms with E-state index in [0.29, 0.717) is 26.4 Å². The first-order valence-corrected chi connectivity index (χ1v) is 4.96. The maximum Gasteiger partial charge on any atom is 0.123 e. The van der Waals surface area contributed by atoms with Crippen molar-refractivity contribution in [1.29, 1.82) is 0 Å². The van der Waals surface area contributed by atoms with E-state index in [1.165, 1.54) is 12.1 Å². The average molecular weight is 211 g/mol. The maximum atomic E-state index is 13.0. The van der Waals surface area contributed by atoms with Gasteiger partial charge in [-0.05, 0) is 23.3 Å². The third-order valence-corrected chi connectivity index (χ3v) is 2.47. The zero-order valence-corrected chi connectivity index (χ0v) is 8.41. The summed E-state index contributed by atoms with van der Waals surface area (Å²) >= 11 is 0. The van der Waals surface area contributed by atoms with Crippen molar-refractivity contribution < 1.29 is 13.9 Å². The predicted octanol–water partition coefficient (Wildman–Crippen LogP) is 1.20. The Bertz CT molecular complexity index is 339. The van der Waals surface area contributed by atoms with Crippen molar-refractivity contribution in [3.63, 3.8) is 0 Å². The minimum atomic E-state index is -0.254. The Kier molecular flexibility index (Phi) is 3.30. The van der Waals surface area contributed by atoms with Gasteiger partial charge in [-0.1, -0.05) is 6.07 Å². The molecular weight excluding hydrogens is 197 g/mol. The van der Waals surface area contributed by atoms with Gasteiger partial charge in [-0.3, -0.25) is 0 Å². The van der Waals surface area contributed by atoms with Crippen LogP contribution in [0.2, 0.25) is 0 Å². The van der Waals surface area contributed by atoms with E-state index in [4.69, 9.17) is 15.2 Å². The highest BCUT2D eigenvalue weighted by atomic mass is 19.1. The minimum Gasteiger partial charge on any atom is -0.376 e. The van der Waals surface area contributed by atoms with Crippen molar-refractivity contribution in [3.8, 4) is 0 Å². The van der Waals surface area contributed by atoms with Crippen LogP contribution < -0.4 is 5.73 Å². The Balaban J connectivity index is 2.00. The molecule has 82 valence electrons. The molecule has 0 saturated carbocycles. The second-order valence-electron chi connectivity index (χ2n) is 3.59. The van der Waals surface area contributed by atoms with Crippen LogP contribution in [-0.4, -0.2) is 19.3 Å². The normalized spacial score (nSPS) is 16.4. The molecule has 4 heteroatoms. The molecule has 2 rings (SSSR count). The highest BCUT2D eigenvalue weighted by molar-refractivity contribution is 5.27. The number of rotatable bonds is 4. The van der Waals surface area contributed by atoms with Crippen LogP contribution in [0.5, 0.6) is 0 Å². The second kappa shape index (κ2) is 4.70. The fraction of sp³-hybridized carbons (Fsp3) is 0.455. The van der Waals surface area contributed by atoms with Gasteiger partial charge in [-0.2, -0.15) is 0 Å². The van der Waals surface area contributed by atoms with E-state index in [2.05, 4.69) is 0 Å². The second-order valence-corrected chi connectivity index (χ2v) is 3.59. The monoisotopic (exact) mass is 211 g/mol. The Labute approximate surface area is 88.0 Å². The SMILES string of the molecule is NCc1ccc(F)cc1COC1COC1. The molecule has 0 unspecified atom stereocenters. The molecule has 1 fully saturated rings. The molecule has 0 aliphatic carbocycles. The van der Waals surface area contributed by atoms with Crippen molar-refractivity contribution in [2.45, 2.75) is 19.3 Å². The number of hydrogen-bond donors (Lipinski definition) is 1. The summed E-state index contributed by atoms with van der Waals surface area (Å²) in [5.41, 5.74) is 7.30. The zero-order chi connectivity index (χ0) is 10.7. The van der Waals surface area contributed by atoms with Crippen LogP contribution in [0.4, 0.5) is 4.39 Å². The van der Waals surface area contributed by atoms with E-state index in [0.717, 1.165) is 11.1 Å². The lowest BCUT2D eigenvalue weighted by atomic mass is 10.1. The third-order valence-electron chi connectivity index (χ3n) is 2.47. The zero-order valence-electron chi connectivity index (χ0n) is 8.41. The van der Waals surface area contributed by atoms with Gasteiger partial charge in [-0.25, -0.2) is 4.39 Å². The van der Waals surface area contributed by atoms with Crippen molar-refractivity contribution >= 4 is 0 Å². The highest BCUT2D eigenvalue weighted by Gasteiger charge is 2.19. The fourth-order valence-corrected chi connectivity index (χ4v) is 1.45. The summed E-state index contributed by atoms with van der Waals surface area (Å²) in [5.74, 6) is -0.254. The van der Waals surface area contributed by atoms with Crippen molar-refractivity contribution in [1.82, 2.24) is 0 Å². The molecule has 15 heavy (non-hydrogen) atoms. The van der Waals surface area contributed by atoms with Crippen LogP contribution in [-0.2, 0) is 22.6 Å². The van der Waals surface area contributed by atoms with Gasteiger partial charge in [0.15, 0.2) is 0 Å². The lowest BCUT2D eigenvalue weighted by Crippen LogP contribution is -2.35. The molecule has 1 saturated heterocycles. The molecule has 1 aliphatic rings. The Morgan fingerprint density at radius 1 is 1.40 bits per heavy atom. The summed E-state index contributed by atoms with van der Waals surface area (Å²) in [6, 6.07) is 4.59. The quantitative estimate of drug-likeness (QED) is 0.813. The molecule has 2 N–H and O–H groups in total. The average Bonchev–Trinajstić information content (AvgIpc) is 2.16. The first kappa shape index (κ1) is 10.5. The minimum absolute atomic E-state index is 0.152. The van der Waals surface area contributed by atoms with Crippen LogP contribution in [0, 0.1) is 5.82 Å². The molecular formula is C11H14FNO2. The first-order chi connectivity index (χ1) is 7.29. The van der Waals surface area contributed by atoms with Gasteiger partial charge in [0, 0.05) is 6.54 Å². The first-order valence-electron chi connectivity index (χ1n) is 4.96. The molecule has 1 aromatic carbocycles. The molecule has 0 radical (unpaired) electrons. The van der Waals surface area contributed by atoms with Crippen molar-refractivity contribution in [2.24, 2.45) is 5.73 Å². The smallest absolute Gasteiger partial charge is 0.123 e. The Morgan fingerprint density at radius 2 is 2.20 bits per heavy atom. The molecule has 1 heterocycles. The summed E-state index contributed by atoms with van der Waals surface area (Å²) in [4.78, 5) is 0. The van der Waals surface area contributed by atoms with Gasteiger partial charge in [-0.15, -0.1) is 0 Å². The molecule has 3 nitrogen and oxygen atoms in total. The molecule has 0 atom stereocenters. The number of nitrogens with two attached hydrogens (primary N) is 1. The van der Waals surface area contributed by atoms with Crippen molar-refractivity contribution in [3.05, 3.63) is 35.1 Å². The molecule has 1 aromatic rings. The summed E-state index contributed by atoms with van der Waals surface area (Å²) in [5, 5.41) is 0. The standard InChI is InChI=1S/C11H14FNO2/c12-10-2-1-8(4-13)9(3-10)5-15-11-6-14-7-11/h1-3,11H,4-7,13H2. The number of hydrogen-bond acceptors (Lipinski definition) is 3. The lowest BCUT2D eigenvalue weighted by Gasteiger charge is -2.26. The summed E-state index contributed by atoms with van der Waals surface area (Å²) in [6.45, 7) is 2.07. The van der Waals surface area contributed by atoms with Gasteiger partial charge < -0.3 is 15.2 Å². The van der Waals surface area contributed by atoms with Gasteiger partial charge in [0.1, 0.15) is 11.9 Å². The van der Waals surface area contributed by atoms with Gasteiger partial charge in [0.25, 0.3) is 0 Å². The molecule has 1 aliphatic heterocycles. The third kappa shape index (κ3) is 2.53. The van der Waals surface area contributed by atoms with E-state index in [1.54, 1.807) is 6.07 Å². The van der Waals surface area contributed by atoms with E-state index in [9.17, 15) is 4.39 Å². The maximum absolute atomic E-state index is 13.0. The van der Waals surface area contributed by atoms with Gasteiger partial charge in [0.05, 0.1) is 19.8 Å².